The van der Waals surface area contributed by atoms with E-state index in [1.165, 1.54) is 6.20 Å². The van der Waals surface area contributed by atoms with E-state index < -0.39 is 5.91 Å². The second-order valence-electron chi connectivity index (χ2n) is 6.48. The van der Waals surface area contributed by atoms with E-state index in [1.807, 2.05) is 35.2 Å². The summed E-state index contributed by atoms with van der Waals surface area (Å²) in [5, 5.41) is 0. The van der Waals surface area contributed by atoms with Crippen LogP contribution in [-0.4, -0.2) is 34.3 Å². The van der Waals surface area contributed by atoms with Crippen LogP contribution in [0.1, 0.15) is 52.1 Å². The van der Waals surface area contributed by atoms with Gasteiger partial charge in [0.25, 0.3) is 5.91 Å². The smallest absolute Gasteiger partial charge is 0.272 e. The van der Waals surface area contributed by atoms with Gasteiger partial charge in [0.05, 0.1) is 11.6 Å². The Balaban J connectivity index is 1.80. The van der Waals surface area contributed by atoms with Gasteiger partial charge in [-0.25, -0.2) is 0 Å². The summed E-state index contributed by atoms with van der Waals surface area (Å²) in [4.78, 5) is 30.2. The normalized spacial score (nSPS) is 17.8. The molecule has 1 aromatic heterocycles. The number of hydrogen-bond donors (Lipinski definition) is 1. The van der Waals surface area contributed by atoms with Crippen LogP contribution < -0.4 is 5.73 Å². The Kier molecular flexibility index (Phi) is 5.79. The van der Waals surface area contributed by atoms with Crippen molar-refractivity contribution in [2.75, 3.05) is 6.54 Å². The number of rotatable bonds is 4. The molecule has 1 saturated heterocycles. The van der Waals surface area contributed by atoms with Crippen LogP contribution >= 0.6 is 0 Å². The van der Waals surface area contributed by atoms with E-state index in [0.29, 0.717) is 17.8 Å². The molecule has 0 radical (unpaired) electrons. The Bertz CT molecular complexity index is 785. The number of primary amides is 1. The number of carbonyl (C=O) groups is 2. The van der Waals surface area contributed by atoms with Crippen molar-refractivity contribution in [2.45, 2.75) is 31.7 Å². The summed E-state index contributed by atoms with van der Waals surface area (Å²) in [6, 6.07) is 13.2. The maximum atomic E-state index is 13.0. The van der Waals surface area contributed by atoms with Crippen LogP contribution in [0.5, 0.6) is 0 Å². The Morgan fingerprint density at radius 3 is 2.58 bits per heavy atom. The molecule has 2 aromatic rings. The first kappa shape index (κ1) is 17.9. The van der Waals surface area contributed by atoms with Crippen LogP contribution in [-0.2, 0) is 0 Å². The van der Waals surface area contributed by atoms with Crippen LogP contribution in [0.2, 0.25) is 0 Å². The molecule has 3 rings (SSSR count). The van der Waals surface area contributed by atoms with Crippen molar-refractivity contribution in [3.8, 4) is 0 Å². The van der Waals surface area contributed by atoms with Crippen molar-refractivity contribution in [3.05, 3.63) is 71.6 Å². The third-order valence-corrected chi connectivity index (χ3v) is 4.64. The molecule has 2 amide bonds. The molecule has 1 atom stereocenters. The van der Waals surface area contributed by atoms with Crippen LogP contribution in [0.15, 0.2) is 54.7 Å². The van der Waals surface area contributed by atoms with Crippen LogP contribution in [0.4, 0.5) is 0 Å². The molecular weight excluding hydrogens is 326 g/mol. The second-order valence-corrected chi connectivity index (χ2v) is 6.48. The molecule has 1 unspecified atom stereocenters. The first-order chi connectivity index (χ1) is 12.6. The Morgan fingerprint density at radius 1 is 1.08 bits per heavy atom. The molecule has 0 saturated carbocycles. The minimum Gasteiger partial charge on any atom is -0.366 e. The average molecular weight is 349 g/mol. The summed E-state index contributed by atoms with van der Waals surface area (Å²) in [5.41, 5.74) is 7.00. The van der Waals surface area contributed by atoms with Gasteiger partial charge < -0.3 is 10.6 Å². The Hall–Kier alpha value is -2.95. The van der Waals surface area contributed by atoms with E-state index in [1.54, 1.807) is 12.1 Å². The molecule has 2 N–H and O–H groups in total. The lowest BCUT2D eigenvalue weighted by molar-refractivity contribution is 0.0712. The van der Waals surface area contributed by atoms with Crippen molar-refractivity contribution in [2.24, 2.45) is 5.73 Å². The molecule has 1 fully saturated rings. The predicted octanol–water partition coefficient (Wildman–Crippen LogP) is 3.28. The number of hydrogen-bond acceptors (Lipinski definition) is 3. The molecule has 1 aromatic carbocycles. The van der Waals surface area contributed by atoms with Gasteiger partial charge in [0, 0.05) is 12.7 Å². The highest BCUT2D eigenvalue weighted by Gasteiger charge is 2.25. The molecule has 1 aliphatic rings. The van der Waals surface area contributed by atoms with E-state index in [9.17, 15) is 9.59 Å². The van der Waals surface area contributed by atoms with Crippen molar-refractivity contribution in [1.29, 1.82) is 0 Å². The van der Waals surface area contributed by atoms with Gasteiger partial charge in [0.1, 0.15) is 5.69 Å². The maximum Gasteiger partial charge on any atom is 0.272 e. The third kappa shape index (κ3) is 4.36. The lowest BCUT2D eigenvalue weighted by Crippen LogP contribution is -2.39. The molecule has 1 aliphatic heterocycles. The highest BCUT2D eigenvalue weighted by atomic mass is 16.2. The van der Waals surface area contributed by atoms with Crippen LogP contribution in [0.25, 0.3) is 6.08 Å². The summed E-state index contributed by atoms with van der Waals surface area (Å²) in [6.45, 7) is 0.710. The lowest BCUT2D eigenvalue weighted by atomic mass is 10.1. The van der Waals surface area contributed by atoms with Crippen molar-refractivity contribution >= 4 is 17.9 Å². The van der Waals surface area contributed by atoms with E-state index in [4.69, 9.17) is 5.73 Å². The number of nitrogens with two attached hydrogens (primary N) is 1. The van der Waals surface area contributed by atoms with Gasteiger partial charge in [-0.05, 0) is 30.5 Å². The number of benzene rings is 1. The van der Waals surface area contributed by atoms with E-state index in [-0.39, 0.29) is 11.9 Å². The van der Waals surface area contributed by atoms with Crippen LogP contribution in [0, 0.1) is 0 Å². The largest absolute Gasteiger partial charge is 0.366 e. The molecule has 2 heterocycles. The molecule has 5 nitrogen and oxygen atoms in total. The molecule has 0 spiro atoms. The van der Waals surface area contributed by atoms with Gasteiger partial charge in [0.2, 0.25) is 5.91 Å². The topological polar surface area (TPSA) is 76.3 Å². The van der Waals surface area contributed by atoms with E-state index in [2.05, 4.69) is 17.1 Å². The monoisotopic (exact) mass is 349 g/mol. The molecular formula is C21H23N3O2. The second kappa shape index (κ2) is 8.43. The third-order valence-electron chi connectivity index (χ3n) is 4.64. The first-order valence-electron chi connectivity index (χ1n) is 8.95. The van der Waals surface area contributed by atoms with E-state index in [0.717, 1.165) is 31.2 Å². The van der Waals surface area contributed by atoms with Gasteiger partial charge in [-0.1, -0.05) is 55.3 Å². The number of amides is 2. The number of carbonyl (C=O) groups excluding carboxylic acids is 2. The maximum absolute atomic E-state index is 13.0. The number of nitrogens with zero attached hydrogens (tertiary/aromatic N) is 2. The molecule has 26 heavy (non-hydrogen) atoms. The predicted molar refractivity (Wildman–Crippen MR) is 102 cm³/mol. The van der Waals surface area contributed by atoms with E-state index >= 15 is 0 Å². The molecule has 134 valence electrons. The summed E-state index contributed by atoms with van der Waals surface area (Å²) in [5.74, 6) is -0.652. The number of aromatic nitrogens is 1. The lowest BCUT2D eigenvalue weighted by Gasteiger charge is -2.27. The molecule has 0 bridgehead atoms. The highest BCUT2D eigenvalue weighted by molar-refractivity contribution is 5.95. The quantitative estimate of drug-likeness (QED) is 0.920. The SMILES string of the molecule is NC(=O)c1ccc(C(=O)N2CCCCCC2C=Cc2ccccc2)nc1. The van der Waals surface area contributed by atoms with Gasteiger partial charge in [-0.15, -0.1) is 0 Å². The standard InChI is InChI=1S/C21H23N3O2/c22-20(25)17-11-13-19(23-15-17)21(26)24-14-6-2-5-9-18(24)12-10-16-7-3-1-4-8-16/h1,3-4,7-8,10-13,15,18H,2,5-6,9,14H2,(H2,22,25). The van der Waals surface area contributed by atoms with Crippen molar-refractivity contribution < 1.29 is 9.59 Å². The van der Waals surface area contributed by atoms with Crippen molar-refractivity contribution in [3.63, 3.8) is 0 Å². The van der Waals surface area contributed by atoms with Crippen LogP contribution in [0.3, 0.4) is 0 Å². The zero-order valence-corrected chi connectivity index (χ0v) is 14.7. The Morgan fingerprint density at radius 2 is 1.88 bits per heavy atom. The summed E-state index contributed by atoms with van der Waals surface area (Å²) in [7, 11) is 0. The molecule has 5 heteroatoms. The fourth-order valence-electron chi connectivity index (χ4n) is 3.19. The zero-order chi connectivity index (χ0) is 18.4. The Labute approximate surface area is 153 Å². The first-order valence-corrected chi connectivity index (χ1v) is 8.95. The number of likely N-dealkylation sites (tertiary alicyclic amines) is 1. The summed E-state index contributed by atoms with van der Waals surface area (Å²) >= 11 is 0. The zero-order valence-electron chi connectivity index (χ0n) is 14.7. The van der Waals surface area contributed by atoms with Gasteiger partial charge in [-0.2, -0.15) is 0 Å². The van der Waals surface area contributed by atoms with Gasteiger partial charge >= 0.3 is 0 Å². The van der Waals surface area contributed by atoms with Gasteiger partial charge in [0.15, 0.2) is 0 Å². The average Bonchev–Trinajstić information content (AvgIpc) is 2.92. The van der Waals surface area contributed by atoms with Crippen molar-refractivity contribution in [1.82, 2.24) is 9.88 Å². The molecule has 0 aliphatic carbocycles. The highest BCUT2D eigenvalue weighted by Crippen LogP contribution is 2.21. The minimum atomic E-state index is -0.546. The fourth-order valence-corrected chi connectivity index (χ4v) is 3.19. The summed E-state index contributed by atoms with van der Waals surface area (Å²) < 4.78 is 0. The minimum absolute atomic E-state index is 0.0443. The summed E-state index contributed by atoms with van der Waals surface area (Å²) in [6.07, 6.45) is 9.68. The number of pyridine rings is 1. The van der Waals surface area contributed by atoms with Gasteiger partial charge in [-0.3, -0.25) is 14.6 Å². The fraction of sp³-hybridized carbons (Fsp3) is 0.286.